The highest BCUT2D eigenvalue weighted by Crippen LogP contribution is 2.23. The van der Waals surface area contributed by atoms with E-state index >= 15 is 0 Å². The van der Waals surface area contributed by atoms with Crippen LogP contribution in [0.5, 0.6) is 0 Å². The Bertz CT molecular complexity index is 326. The minimum Gasteiger partial charge on any atom is -0.593 e. The van der Waals surface area contributed by atoms with Crippen molar-refractivity contribution in [1.82, 2.24) is 5.32 Å². The quantitative estimate of drug-likeness (QED) is 0.700. The highest BCUT2D eigenvalue weighted by atomic mass is 32.2. The second kappa shape index (κ2) is 4.85. The second-order valence-electron chi connectivity index (χ2n) is 3.50. The van der Waals surface area contributed by atoms with Crippen molar-refractivity contribution in [2.45, 2.75) is 4.90 Å². The lowest BCUT2D eigenvalue weighted by Crippen LogP contribution is -2.44. The Labute approximate surface area is 92.8 Å². The molecule has 1 aromatic rings. The Kier molecular flexibility index (Phi) is 3.48. The normalized spacial score (nSPS) is 18.9. The number of hydrogen-bond acceptors (Lipinski definition) is 4. The van der Waals surface area contributed by atoms with E-state index < -0.39 is 11.4 Å². The molecule has 0 radical (unpaired) electrons. The Hall–Kier alpha value is -0.750. The Morgan fingerprint density at radius 2 is 1.93 bits per heavy atom. The first kappa shape index (κ1) is 10.8. The molecule has 1 heterocycles. The Morgan fingerprint density at radius 3 is 2.60 bits per heavy atom. The van der Waals surface area contributed by atoms with Crippen LogP contribution in [-0.4, -0.2) is 30.7 Å². The molecule has 1 saturated heterocycles. The van der Waals surface area contributed by atoms with E-state index in [0.717, 1.165) is 36.8 Å². The molecular weight excluding hydrogens is 210 g/mol. The molecule has 4 nitrogen and oxygen atoms in total. The van der Waals surface area contributed by atoms with Gasteiger partial charge < -0.3 is 14.8 Å². The minimum absolute atomic E-state index is 0.722. The first-order chi connectivity index (χ1) is 7.29. The van der Waals surface area contributed by atoms with Gasteiger partial charge in [0.05, 0.1) is 17.0 Å². The van der Waals surface area contributed by atoms with E-state index in [0.29, 0.717) is 0 Å². The van der Waals surface area contributed by atoms with Crippen LogP contribution in [0.1, 0.15) is 0 Å². The summed E-state index contributed by atoms with van der Waals surface area (Å²) >= 11 is -1.40. The highest BCUT2D eigenvalue weighted by molar-refractivity contribution is 7.89. The van der Waals surface area contributed by atoms with Crippen molar-refractivity contribution < 1.29 is 4.55 Å². The highest BCUT2D eigenvalue weighted by Gasteiger charge is 2.19. The average molecular weight is 225 g/mol. The minimum atomic E-state index is -1.40. The van der Waals surface area contributed by atoms with Crippen molar-refractivity contribution in [3.05, 3.63) is 24.3 Å². The van der Waals surface area contributed by atoms with Gasteiger partial charge in [-0.3, -0.25) is 0 Å². The first-order valence-corrected chi connectivity index (χ1v) is 6.21. The SMILES string of the molecule is N[S+]([O-])c1ccccc1N1CCNCC1. The van der Waals surface area contributed by atoms with Crippen molar-refractivity contribution in [2.75, 3.05) is 31.1 Å². The van der Waals surface area contributed by atoms with Gasteiger partial charge in [0.2, 0.25) is 0 Å². The third kappa shape index (κ3) is 2.43. The maximum absolute atomic E-state index is 11.4. The molecule has 1 aliphatic heterocycles. The third-order valence-electron chi connectivity index (χ3n) is 2.54. The van der Waals surface area contributed by atoms with Crippen molar-refractivity contribution in [1.29, 1.82) is 0 Å². The number of piperazine rings is 1. The zero-order chi connectivity index (χ0) is 10.7. The van der Waals surface area contributed by atoms with Crippen LogP contribution >= 0.6 is 0 Å². The predicted octanol–water partition coefficient (Wildman–Crippen LogP) is 0.0775. The van der Waals surface area contributed by atoms with E-state index in [9.17, 15) is 4.55 Å². The monoisotopic (exact) mass is 225 g/mol. The molecule has 0 aromatic heterocycles. The van der Waals surface area contributed by atoms with E-state index in [-0.39, 0.29) is 0 Å². The van der Waals surface area contributed by atoms with Crippen LogP contribution in [-0.2, 0) is 11.4 Å². The number of anilines is 1. The lowest BCUT2D eigenvalue weighted by atomic mass is 10.2. The number of nitrogens with one attached hydrogen (secondary N) is 1. The van der Waals surface area contributed by atoms with Gasteiger partial charge in [0.1, 0.15) is 0 Å². The fourth-order valence-electron chi connectivity index (χ4n) is 1.79. The number of benzene rings is 1. The zero-order valence-electron chi connectivity index (χ0n) is 8.48. The van der Waals surface area contributed by atoms with Crippen LogP contribution in [0.2, 0.25) is 0 Å². The van der Waals surface area contributed by atoms with E-state index in [1.54, 1.807) is 0 Å². The summed E-state index contributed by atoms with van der Waals surface area (Å²) < 4.78 is 11.4. The van der Waals surface area contributed by atoms with Gasteiger partial charge in [-0.15, -0.1) is 5.14 Å². The molecule has 2 rings (SSSR count). The second-order valence-corrected chi connectivity index (χ2v) is 4.54. The van der Waals surface area contributed by atoms with Gasteiger partial charge in [-0.25, -0.2) is 0 Å². The van der Waals surface area contributed by atoms with Crippen LogP contribution < -0.4 is 15.4 Å². The van der Waals surface area contributed by atoms with Crippen LogP contribution in [0.25, 0.3) is 0 Å². The standard InChI is InChI=1S/C10H15N3OS/c11-15(14)10-4-2-1-3-9(10)13-7-5-12-6-8-13/h1-4,12H,5-8,11H2. The fraction of sp³-hybridized carbons (Fsp3) is 0.400. The maximum atomic E-state index is 11.4. The molecule has 1 aliphatic rings. The van der Waals surface area contributed by atoms with Crippen molar-refractivity contribution in [3.8, 4) is 0 Å². The van der Waals surface area contributed by atoms with Crippen molar-refractivity contribution >= 4 is 17.0 Å². The summed E-state index contributed by atoms with van der Waals surface area (Å²) in [6.45, 7) is 3.81. The van der Waals surface area contributed by atoms with Crippen molar-refractivity contribution in [2.24, 2.45) is 5.14 Å². The molecule has 15 heavy (non-hydrogen) atoms. The molecule has 82 valence electrons. The summed E-state index contributed by atoms with van der Waals surface area (Å²) in [5, 5.41) is 8.74. The number of para-hydroxylation sites is 1. The Balaban J connectivity index is 2.25. The molecule has 1 atom stereocenters. The molecule has 1 aromatic carbocycles. The lowest BCUT2D eigenvalue weighted by molar-refractivity contribution is 0.580. The molecular formula is C10H15N3OS. The topological polar surface area (TPSA) is 64.3 Å². The number of rotatable bonds is 2. The van der Waals surface area contributed by atoms with Crippen molar-refractivity contribution in [3.63, 3.8) is 0 Å². The Morgan fingerprint density at radius 1 is 1.27 bits per heavy atom. The number of hydrogen-bond donors (Lipinski definition) is 2. The molecule has 5 heteroatoms. The summed E-state index contributed by atoms with van der Waals surface area (Å²) in [6.07, 6.45) is 0. The van der Waals surface area contributed by atoms with Gasteiger partial charge in [0.25, 0.3) is 0 Å². The summed E-state index contributed by atoms with van der Waals surface area (Å²) in [7, 11) is 0. The third-order valence-corrected chi connectivity index (χ3v) is 3.32. The number of nitrogens with zero attached hydrogens (tertiary/aromatic N) is 1. The van der Waals surface area contributed by atoms with Crippen LogP contribution in [0, 0.1) is 0 Å². The average Bonchev–Trinajstić information content (AvgIpc) is 2.30. The molecule has 1 unspecified atom stereocenters. The maximum Gasteiger partial charge on any atom is 0.196 e. The fourth-order valence-corrected chi connectivity index (χ4v) is 2.41. The molecule has 1 fully saturated rings. The van der Waals surface area contributed by atoms with Gasteiger partial charge >= 0.3 is 0 Å². The summed E-state index contributed by atoms with van der Waals surface area (Å²) in [6, 6.07) is 7.62. The van der Waals surface area contributed by atoms with Crippen LogP contribution in [0.15, 0.2) is 29.2 Å². The summed E-state index contributed by atoms with van der Waals surface area (Å²) in [4.78, 5) is 2.94. The van der Waals surface area contributed by atoms with E-state index in [4.69, 9.17) is 5.14 Å². The largest absolute Gasteiger partial charge is 0.593 e. The van der Waals surface area contributed by atoms with Crippen LogP contribution in [0.4, 0.5) is 5.69 Å². The first-order valence-electron chi connectivity index (χ1n) is 5.00. The number of nitrogens with two attached hydrogens (primary N) is 1. The van der Waals surface area contributed by atoms with Gasteiger partial charge in [-0.2, -0.15) is 0 Å². The van der Waals surface area contributed by atoms with Gasteiger partial charge in [-0.1, -0.05) is 12.1 Å². The molecule has 3 N–H and O–H groups in total. The summed E-state index contributed by atoms with van der Waals surface area (Å²) in [5.41, 5.74) is 1.000. The van der Waals surface area contributed by atoms with Gasteiger partial charge in [0.15, 0.2) is 4.90 Å². The van der Waals surface area contributed by atoms with Gasteiger partial charge in [-0.05, 0) is 12.1 Å². The van der Waals surface area contributed by atoms with Crippen LogP contribution in [0.3, 0.4) is 0 Å². The van der Waals surface area contributed by atoms with E-state index in [2.05, 4.69) is 10.2 Å². The molecule has 0 bridgehead atoms. The molecule has 0 saturated carbocycles. The van der Waals surface area contributed by atoms with Gasteiger partial charge in [0, 0.05) is 26.2 Å². The zero-order valence-corrected chi connectivity index (χ0v) is 9.30. The lowest BCUT2D eigenvalue weighted by Gasteiger charge is -2.30. The molecule has 0 spiro atoms. The summed E-state index contributed by atoms with van der Waals surface area (Å²) in [5.74, 6) is 0. The van der Waals surface area contributed by atoms with E-state index in [1.807, 2.05) is 24.3 Å². The molecule has 0 amide bonds. The van der Waals surface area contributed by atoms with E-state index in [1.165, 1.54) is 0 Å². The molecule has 0 aliphatic carbocycles. The predicted molar refractivity (Wildman–Crippen MR) is 62.1 cm³/mol. The smallest absolute Gasteiger partial charge is 0.196 e.